The van der Waals surface area contributed by atoms with Gasteiger partial charge in [-0.1, -0.05) is 6.92 Å². The third-order valence-corrected chi connectivity index (χ3v) is 4.75. The molecule has 2 aromatic rings. The van der Waals surface area contributed by atoms with Crippen LogP contribution in [0.25, 0.3) is 0 Å². The van der Waals surface area contributed by atoms with E-state index in [0.717, 1.165) is 42.4 Å². The largest absolute Gasteiger partial charge is 0.341 e. The van der Waals surface area contributed by atoms with Gasteiger partial charge in [0.25, 0.3) is 0 Å². The molecule has 1 aliphatic rings. The summed E-state index contributed by atoms with van der Waals surface area (Å²) in [5.41, 5.74) is 0. The Morgan fingerprint density at radius 3 is 2.55 bits per heavy atom. The summed E-state index contributed by atoms with van der Waals surface area (Å²) in [6, 6.07) is 0. The molecule has 3 rings (SSSR count). The number of rotatable bonds is 3. The predicted molar refractivity (Wildman–Crippen MR) is 75.5 cm³/mol. The topological polar surface area (TPSA) is 54.8 Å². The maximum Gasteiger partial charge on any atom is 0.225 e. The van der Waals surface area contributed by atoms with Gasteiger partial charge in [0.05, 0.1) is 12.4 Å². The predicted octanol–water partition coefficient (Wildman–Crippen LogP) is 2.41. The van der Waals surface area contributed by atoms with Crippen LogP contribution in [-0.4, -0.2) is 33.3 Å². The van der Waals surface area contributed by atoms with Crippen LogP contribution >= 0.6 is 11.3 Å². The molecule has 0 atom stereocenters. The molecule has 1 aliphatic heterocycles. The third-order valence-electron chi connectivity index (χ3n) is 3.52. The van der Waals surface area contributed by atoms with Crippen molar-refractivity contribution in [1.82, 2.24) is 20.2 Å². The van der Waals surface area contributed by atoms with Gasteiger partial charge in [0, 0.05) is 19.0 Å². The van der Waals surface area contributed by atoms with Crippen molar-refractivity contribution in [2.75, 3.05) is 18.0 Å². The van der Waals surface area contributed by atoms with Gasteiger partial charge in [0.2, 0.25) is 5.95 Å². The van der Waals surface area contributed by atoms with Gasteiger partial charge < -0.3 is 4.90 Å². The van der Waals surface area contributed by atoms with Crippen LogP contribution in [0.15, 0.2) is 12.4 Å². The summed E-state index contributed by atoms with van der Waals surface area (Å²) in [6.45, 7) is 3.84. The highest BCUT2D eigenvalue weighted by Crippen LogP contribution is 2.31. The molecule has 0 aliphatic carbocycles. The van der Waals surface area contributed by atoms with E-state index in [-0.39, 0.29) is 0 Å². The molecule has 0 amide bonds. The molecular weight excluding hydrogens is 277 g/mol. The van der Waals surface area contributed by atoms with Gasteiger partial charge in [-0.2, -0.15) is 0 Å². The van der Waals surface area contributed by atoms with E-state index in [4.69, 9.17) is 0 Å². The third kappa shape index (κ3) is 2.77. The van der Waals surface area contributed by atoms with E-state index in [1.165, 1.54) is 12.4 Å². The van der Waals surface area contributed by atoms with E-state index in [9.17, 15) is 4.39 Å². The average molecular weight is 293 g/mol. The van der Waals surface area contributed by atoms with Crippen molar-refractivity contribution >= 4 is 17.3 Å². The van der Waals surface area contributed by atoms with Crippen LogP contribution in [0.1, 0.15) is 35.7 Å². The molecule has 0 N–H and O–H groups in total. The molecule has 0 bridgehead atoms. The highest BCUT2D eigenvalue weighted by Gasteiger charge is 2.24. The van der Waals surface area contributed by atoms with Crippen molar-refractivity contribution in [3.63, 3.8) is 0 Å². The van der Waals surface area contributed by atoms with Crippen LogP contribution in [0.2, 0.25) is 0 Å². The molecule has 2 aromatic heterocycles. The molecule has 3 heterocycles. The fourth-order valence-electron chi connectivity index (χ4n) is 2.37. The van der Waals surface area contributed by atoms with E-state index in [1.54, 1.807) is 11.3 Å². The standard InChI is InChI=1S/C13H16FN5S/c1-2-11-17-18-12(20-11)9-3-5-19(6-4-9)13-15-7-10(14)8-16-13/h7-9H,2-6H2,1H3. The second-order valence-corrected chi connectivity index (χ2v) is 5.94. The van der Waals surface area contributed by atoms with Crippen molar-refractivity contribution in [3.05, 3.63) is 28.2 Å². The maximum atomic E-state index is 12.8. The second-order valence-electron chi connectivity index (χ2n) is 4.85. The highest BCUT2D eigenvalue weighted by atomic mass is 32.1. The second kappa shape index (κ2) is 5.78. The number of hydrogen-bond acceptors (Lipinski definition) is 6. The molecule has 5 nitrogen and oxygen atoms in total. The lowest BCUT2D eigenvalue weighted by molar-refractivity contribution is 0.493. The summed E-state index contributed by atoms with van der Waals surface area (Å²) in [5, 5.41) is 10.7. The lowest BCUT2D eigenvalue weighted by atomic mass is 9.98. The van der Waals surface area contributed by atoms with E-state index < -0.39 is 5.82 Å². The van der Waals surface area contributed by atoms with E-state index in [0.29, 0.717) is 11.9 Å². The van der Waals surface area contributed by atoms with Gasteiger partial charge in [0.15, 0.2) is 5.82 Å². The lowest BCUT2D eigenvalue weighted by Crippen LogP contribution is -2.34. The number of halogens is 1. The normalized spacial score (nSPS) is 16.6. The van der Waals surface area contributed by atoms with Crippen LogP contribution < -0.4 is 4.90 Å². The minimum atomic E-state index is -0.399. The first-order valence-electron chi connectivity index (χ1n) is 6.81. The van der Waals surface area contributed by atoms with Crippen LogP contribution in [0.5, 0.6) is 0 Å². The first-order chi connectivity index (χ1) is 9.76. The Kier molecular flexibility index (Phi) is 3.86. The van der Waals surface area contributed by atoms with Crippen LogP contribution in [-0.2, 0) is 6.42 Å². The van der Waals surface area contributed by atoms with E-state index >= 15 is 0 Å². The summed E-state index contributed by atoms with van der Waals surface area (Å²) in [5.74, 6) is 0.686. The molecule has 1 fully saturated rings. The average Bonchev–Trinajstić information content (AvgIpc) is 2.97. The molecule has 106 valence electrons. The lowest BCUT2D eigenvalue weighted by Gasteiger charge is -2.30. The van der Waals surface area contributed by atoms with Crippen LogP contribution in [0.4, 0.5) is 10.3 Å². The Bertz CT molecular complexity index is 562. The quantitative estimate of drug-likeness (QED) is 0.870. The molecule has 7 heteroatoms. The molecular formula is C13H16FN5S. The van der Waals surface area contributed by atoms with Crippen molar-refractivity contribution in [3.8, 4) is 0 Å². The first kappa shape index (κ1) is 13.4. The fourth-order valence-corrected chi connectivity index (χ4v) is 3.32. The number of nitrogens with zero attached hydrogens (tertiary/aromatic N) is 5. The van der Waals surface area contributed by atoms with Crippen molar-refractivity contribution in [2.45, 2.75) is 32.1 Å². The smallest absolute Gasteiger partial charge is 0.225 e. The summed E-state index contributed by atoms with van der Waals surface area (Å²) in [7, 11) is 0. The van der Waals surface area contributed by atoms with Gasteiger partial charge in [0.1, 0.15) is 10.0 Å². The molecule has 0 saturated carbocycles. The zero-order chi connectivity index (χ0) is 13.9. The van der Waals surface area contributed by atoms with Crippen LogP contribution in [0.3, 0.4) is 0 Å². The molecule has 0 aromatic carbocycles. The SMILES string of the molecule is CCc1nnc(C2CCN(c3ncc(F)cn3)CC2)s1. The number of anilines is 1. The van der Waals surface area contributed by atoms with Gasteiger partial charge in [-0.3, -0.25) is 0 Å². The van der Waals surface area contributed by atoms with Gasteiger partial charge >= 0.3 is 0 Å². The first-order valence-corrected chi connectivity index (χ1v) is 7.62. The summed E-state index contributed by atoms with van der Waals surface area (Å²) >= 11 is 1.72. The Morgan fingerprint density at radius 2 is 1.95 bits per heavy atom. The van der Waals surface area contributed by atoms with Gasteiger partial charge in [-0.25, -0.2) is 14.4 Å². The fraction of sp³-hybridized carbons (Fsp3) is 0.538. The number of hydrogen-bond donors (Lipinski definition) is 0. The highest BCUT2D eigenvalue weighted by molar-refractivity contribution is 7.11. The van der Waals surface area contributed by atoms with Crippen molar-refractivity contribution < 1.29 is 4.39 Å². The monoisotopic (exact) mass is 293 g/mol. The summed E-state index contributed by atoms with van der Waals surface area (Å²) in [4.78, 5) is 10.2. The summed E-state index contributed by atoms with van der Waals surface area (Å²) in [6.07, 6.45) is 5.40. The van der Waals surface area contributed by atoms with E-state index in [1.807, 2.05) is 0 Å². The Labute approximate surface area is 120 Å². The van der Waals surface area contributed by atoms with Gasteiger partial charge in [-0.15, -0.1) is 21.5 Å². The maximum absolute atomic E-state index is 12.8. The summed E-state index contributed by atoms with van der Waals surface area (Å²) < 4.78 is 12.8. The Hall–Kier alpha value is -1.63. The van der Waals surface area contributed by atoms with Crippen LogP contribution in [0, 0.1) is 5.82 Å². The van der Waals surface area contributed by atoms with Crippen molar-refractivity contribution in [2.24, 2.45) is 0 Å². The Morgan fingerprint density at radius 1 is 1.25 bits per heavy atom. The minimum Gasteiger partial charge on any atom is -0.341 e. The zero-order valence-corrected chi connectivity index (χ0v) is 12.1. The Balaban J connectivity index is 1.63. The number of aryl methyl sites for hydroxylation is 1. The molecule has 1 saturated heterocycles. The minimum absolute atomic E-state index is 0.399. The van der Waals surface area contributed by atoms with Crippen molar-refractivity contribution in [1.29, 1.82) is 0 Å². The number of piperidine rings is 1. The van der Waals surface area contributed by atoms with Gasteiger partial charge in [-0.05, 0) is 19.3 Å². The zero-order valence-electron chi connectivity index (χ0n) is 11.3. The molecule has 0 radical (unpaired) electrons. The number of aromatic nitrogens is 4. The molecule has 0 unspecified atom stereocenters. The molecule has 0 spiro atoms. The molecule has 20 heavy (non-hydrogen) atoms. The van der Waals surface area contributed by atoms with E-state index in [2.05, 4.69) is 32.0 Å².